The lowest BCUT2D eigenvalue weighted by Gasteiger charge is -2.19. The summed E-state index contributed by atoms with van der Waals surface area (Å²) >= 11 is 0. The maximum Gasteiger partial charge on any atom is 0.413 e. The van der Waals surface area contributed by atoms with Crippen LogP contribution in [0.2, 0.25) is 0 Å². The Balaban J connectivity index is 2.13. The lowest BCUT2D eigenvalue weighted by Crippen LogP contribution is -2.29. The van der Waals surface area contributed by atoms with Gasteiger partial charge in [0.05, 0.1) is 11.7 Å². The molecular formula is C14H13F3N2O. The normalized spacial score (nSPS) is 13.2. The van der Waals surface area contributed by atoms with E-state index in [0.717, 1.165) is 5.56 Å². The van der Waals surface area contributed by atoms with Crippen LogP contribution in [0.4, 0.5) is 13.2 Å². The molecule has 1 aromatic heterocycles. The minimum absolute atomic E-state index is 0.556. The smallest absolute Gasteiger partial charge is 0.291 e. The van der Waals surface area contributed by atoms with Gasteiger partial charge in [0.15, 0.2) is 6.61 Å². The molecule has 3 nitrogen and oxygen atoms in total. The predicted octanol–water partition coefficient (Wildman–Crippen LogP) is 3.25. The van der Waals surface area contributed by atoms with Gasteiger partial charge in [-0.3, -0.25) is 9.82 Å². The number of alkyl halides is 3. The van der Waals surface area contributed by atoms with Crippen molar-refractivity contribution < 1.29 is 18.0 Å². The van der Waals surface area contributed by atoms with Crippen LogP contribution in [0.15, 0.2) is 54.7 Å². The molecule has 1 unspecified atom stereocenters. The molecule has 0 spiro atoms. The first-order chi connectivity index (χ1) is 9.56. The molecule has 1 aromatic carbocycles. The number of halogens is 3. The van der Waals surface area contributed by atoms with Gasteiger partial charge in [-0.2, -0.15) is 18.7 Å². The molecule has 0 saturated carbocycles. The summed E-state index contributed by atoms with van der Waals surface area (Å²) in [5, 5.41) is 0. The molecule has 1 atom stereocenters. The Hall–Kier alpha value is -1.92. The van der Waals surface area contributed by atoms with Gasteiger partial charge in [-0.25, -0.2) is 0 Å². The summed E-state index contributed by atoms with van der Waals surface area (Å²) in [5.74, 6) is 0. The summed E-state index contributed by atoms with van der Waals surface area (Å²) in [6.45, 7) is -1.36. The SMILES string of the molecule is FC(F)(F)CONC(c1ccccc1)c1ccccn1. The molecule has 2 rings (SSSR count). The van der Waals surface area contributed by atoms with Crippen molar-refractivity contribution in [3.63, 3.8) is 0 Å². The van der Waals surface area contributed by atoms with Crippen LogP contribution in [-0.2, 0) is 4.84 Å². The second-order valence-corrected chi connectivity index (χ2v) is 4.12. The summed E-state index contributed by atoms with van der Waals surface area (Å²) < 4.78 is 36.4. The molecule has 1 N–H and O–H groups in total. The number of rotatable bonds is 5. The average Bonchev–Trinajstić information content (AvgIpc) is 2.44. The minimum atomic E-state index is -4.38. The second kappa shape index (κ2) is 6.49. The summed E-state index contributed by atoms with van der Waals surface area (Å²) in [6.07, 6.45) is -2.80. The van der Waals surface area contributed by atoms with Gasteiger partial charge in [0.25, 0.3) is 0 Å². The number of nitrogens with one attached hydrogen (secondary N) is 1. The summed E-state index contributed by atoms with van der Waals surface area (Å²) in [5.41, 5.74) is 3.78. The maximum atomic E-state index is 12.1. The second-order valence-electron chi connectivity index (χ2n) is 4.12. The Bertz CT molecular complexity index is 477. The van der Waals surface area contributed by atoms with Gasteiger partial charge in [-0.1, -0.05) is 36.4 Å². The highest BCUT2D eigenvalue weighted by Crippen LogP contribution is 2.21. The monoisotopic (exact) mass is 282 g/mol. The van der Waals surface area contributed by atoms with E-state index in [9.17, 15) is 13.2 Å². The van der Waals surface area contributed by atoms with Crippen LogP contribution in [0.3, 0.4) is 0 Å². The molecule has 6 heteroatoms. The van der Waals surface area contributed by atoms with Crippen LogP contribution in [0.1, 0.15) is 17.3 Å². The minimum Gasteiger partial charge on any atom is -0.291 e. The van der Waals surface area contributed by atoms with Gasteiger partial charge in [-0.15, -0.1) is 0 Å². The van der Waals surface area contributed by atoms with E-state index in [1.807, 2.05) is 6.07 Å². The average molecular weight is 282 g/mol. The molecular weight excluding hydrogens is 269 g/mol. The van der Waals surface area contributed by atoms with Crippen LogP contribution in [0.5, 0.6) is 0 Å². The van der Waals surface area contributed by atoms with Crippen molar-refractivity contribution in [2.75, 3.05) is 6.61 Å². The van der Waals surface area contributed by atoms with Gasteiger partial charge in [0.1, 0.15) is 0 Å². The third-order valence-corrected chi connectivity index (χ3v) is 2.55. The van der Waals surface area contributed by atoms with E-state index in [2.05, 4.69) is 15.3 Å². The number of hydrogen-bond acceptors (Lipinski definition) is 3. The lowest BCUT2D eigenvalue weighted by atomic mass is 10.0. The Kier molecular flexibility index (Phi) is 4.70. The van der Waals surface area contributed by atoms with Gasteiger partial charge >= 0.3 is 6.18 Å². The summed E-state index contributed by atoms with van der Waals surface area (Å²) in [4.78, 5) is 8.70. The topological polar surface area (TPSA) is 34.1 Å². The number of hydrogen-bond donors (Lipinski definition) is 1. The van der Waals surface area contributed by atoms with Crippen molar-refractivity contribution in [1.29, 1.82) is 0 Å². The molecule has 0 radical (unpaired) electrons. The van der Waals surface area contributed by atoms with Crippen molar-refractivity contribution >= 4 is 0 Å². The highest BCUT2D eigenvalue weighted by molar-refractivity contribution is 5.26. The van der Waals surface area contributed by atoms with Gasteiger partial charge in [0, 0.05) is 6.20 Å². The maximum absolute atomic E-state index is 12.1. The number of aromatic nitrogens is 1. The Morgan fingerprint density at radius 2 is 1.75 bits per heavy atom. The Morgan fingerprint density at radius 1 is 1.05 bits per heavy atom. The third kappa shape index (κ3) is 4.32. The number of benzene rings is 1. The molecule has 0 aliphatic heterocycles. The molecule has 0 saturated heterocycles. The molecule has 106 valence electrons. The van der Waals surface area contributed by atoms with Gasteiger partial charge in [0.2, 0.25) is 0 Å². The highest BCUT2D eigenvalue weighted by Gasteiger charge is 2.28. The fourth-order valence-corrected chi connectivity index (χ4v) is 1.70. The zero-order chi connectivity index (χ0) is 14.4. The van der Waals surface area contributed by atoms with Gasteiger partial charge in [-0.05, 0) is 17.7 Å². The standard InChI is InChI=1S/C14H13F3N2O/c15-14(16,17)10-20-19-13(11-6-2-1-3-7-11)12-8-4-5-9-18-12/h1-9,13,19H,10H2. The quantitative estimate of drug-likeness (QED) is 0.855. The first kappa shape index (κ1) is 14.5. The zero-order valence-corrected chi connectivity index (χ0v) is 10.5. The van der Waals surface area contributed by atoms with E-state index in [0.29, 0.717) is 5.69 Å². The first-order valence-corrected chi connectivity index (χ1v) is 5.96. The number of nitrogens with zero attached hydrogens (tertiary/aromatic N) is 1. The van der Waals surface area contributed by atoms with Crippen LogP contribution in [0, 0.1) is 0 Å². The zero-order valence-electron chi connectivity index (χ0n) is 10.5. The van der Waals surface area contributed by atoms with Crippen molar-refractivity contribution in [2.45, 2.75) is 12.2 Å². The van der Waals surface area contributed by atoms with Crippen LogP contribution >= 0.6 is 0 Å². The fraction of sp³-hybridized carbons (Fsp3) is 0.214. The van der Waals surface area contributed by atoms with Gasteiger partial charge < -0.3 is 0 Å². The molecule has 1 heterocycles. The summed E-state index contributed by atoms with van der Waals surface area (Å²) in [6, 6.07) is 13.7. The molecule has 20 heavy (non-hydrogen) atoms. The van der Waals surface area contributed by atoms with Crippen LogP contribution < -0.4 is 5.48 Å². The lowest BCUT2D eigenvalue weighted by molar-refractivity contribution is -0.192. The third-order valence-electron chi connectivity index (χ3n) is 2.55. The molecule has 0 fully saturated rings. The van der Waals surface area contributed by atoms with E-state index in [-0.39, 0.29) is 0 Å². The number of hydroxylamine groups is 1. The number of pyridine rings is 1. The van der Waals surface area contributed by atoms with E-state index in [4.69, 9.17) is 0 Å². The van der Waals surface area contributed by atoms with Crippen molar-refractivity contribution in [1.82, 2.24) is 10.5 Å². The largest absolute Gasteiger partial charge is 0.413 e. The fourth-order valence-electron chi connectivity index (χ4n) is 1.70. The Labute approximate surface area is 114 Å². The Morgan fingerprint density at radius 3 is 2.35 bits per heavy atom. The van der Waals surface area contributed by atoms with E-state index in [1.54, 1.807) is 48.7 Å². The van der Waals surface area contributed by atoms with E-state index >= 15 is 0 Å². The highest BCUT2D eigenvalue weighted by atomic mass is 19.4. The molecule has 0 aliphatic rings. The molecule has 0 amide bonds. The first-order valence-electron chi connectivity index (χ1n) is 5.96. The van der Waals surface area contributed by atoms with E-state index in [1.165, 1.54) is 0 Å². The van der Waals surface area contributed by atoms with Crippen molar-refractivity contribution in [3.05, 3.63) is 66.0 Å². The molecule has 2 aromatic rings. The molecule has 0 aliphatic carbocycles. The molecule has 0 bridgehead atoms. The van der Waals surface area contributed by atoms with Crippen molar-refractivity contribution in [2.24, 2.45) is 0 Å². The van der Waals surface area contributed by atoms with Crippen LogP contribution in [0.25, 0.3) is 0 Å². The summed E-state index contributed by atoms with van der Waals surface area (Å²) in [7, 11) is 0. The van der Waals surface area contributed by atoms with Crippen molar-refractivity contribution in [3.8, 4) is 0 Å². The predicted molar refractivity (Wildman–Crippen MR) is 67.7 cm³/mol. The van der Waals surface area contributed by atoms with E-state index < -0.39 is 18.8 Å². The van der Waals surface area contributed by atoms with Crippen LogP contribution in [-0.4, -0.2) is 17.8 Å².